The summed E-state index contributed by atoms with van der Waals surface area (Å²) in [5, 5.41) is 6.93. The number of benzene rings is 1. The quantitative estimate of drug-likeness (QED) is 0.784. The number of hydrogen-bond acceptors (Lipinski definition) is 3. The van der Waals surface area contributed by atoms with E-state index in [1.54, 1.807) is 0 Å². The Labute approximate surface area is 147 Å². The van der Waals surface area contributed by atoms with Crippen molar-refractivity contribution in [3.8, 4) is 5.69 Å². The number of rotatable bonds is 4. The van der Waals surface area contributed by atoms with E-state index in [2.05, 4.69) is 27.2 Å². The first kappa shape index (κ1) is 17.0. The molecule has 1 aromatic carbocycles. The van der Waals surface area contributed by atoms with Crippen LogP contribution in [-0.4, -0.2) is 15.6 Å². The number of carbonyl (C=O) groups excluding carboxylic acids is 1. The Bertz CT molecular complexity index is 896. The van der Waals surface area contributed by atoms with E-state index in [0.717, 1.165) is 39.7 Å². The first-order chi connectivity index (χ1) is 11.9. The van der Waals surface area contributed by atoms with E-state index in [0.29, 0.717) is 12.1 Å². The van der Waals surface area contributed by atoms with Crippen LogP contribution in [0.15, 0.2) is 34.9 Å². The first-order valence-electron chi connectivity index (χ1n) is 8.34. The molecule has 1 N–H and O–H groups in total. The van der Waals surface area contributed by atoms with Crippen LogP contribution in [0, 0.1) is 34.6 Å². The van der Waals surface area contributed by atoms with Crippen molar-refractivity contribution in [1.82, 2.24) is 15.0 Å². The lowest BCUT2D eigenvalue weighted by molar-refractivity contribution is 0.0950. The lowest BCUT2D eigenvalue weighted by Gasteiger charge is -2.15. The molecule has 0 atom stereocenters. The summed E-state index contributed by atoms with van der Waals surface area (Å²) in [5.74, 6) is 0.630. The van der Waals surface area contributed by atoms with Crippen LogP contribution in [-0.2, 0) is 6.54 Å². The molecule has 1 amide bonds. The van der Waals surface area contributed by atoms with Crippen LogP contribution in [0.25, 0.3) is 5.69 Å². The predicted molar refractivity (Wildman–Crippen MR) is 97.1 cm³/mol. The van der Waals surface area contributed by atoms with Crippen molar-refractivity contribution in [3.63, 3.8) is 0 Å². The SMILES string of the molecule is Cc1ccc(-n2c(C)ccc2C)c(C(=O)NCc2c(C)noc2C)c1. The topological polar surface area (TPSA) is 60.1 Å². The maximum Gasteiger partial charge on any atom is 0.253 e. The van der Waals surface area contributed by atoms with Gasteiger partial charge in [-0.3, -0.25) is 4.79 Å². The molecule has 2 heterocycles. The summed E-state index contributed by atoms with van der Waals surface area (Å²) in [4.78, 5) is 12.9. The van der Waals surface area contributed by atoms with Crippen LogP contribution in [0.4, 0.5) is 0 Å². The number of carbonyl (C=O) groups is 1. The van der Waals surface area contributed by atoms with Crippen LogP contribution in [0.3, 0.4) is 0 Å². The zero-order valence-electron chi connectivity index (χ0n) is 15.3. The Morgan fingerprint density at radius 3 is 2.36 bits per heavy atom. The summed E-state index contributed by atoms with van der Waals surface area (Å²) in [6.07, 6.45) is 0. The van der Waals surface area contributed by atoms with Crippen LogP contribution >= 0.6 is 0 Å². The normalized spacial score (nSPS) is 10.9. The van der Waals surface area contributed by atoms with Gasteiger partial charge in [0, 0.05) is 23.5 Å². The van der Waals surface area contributed by atoms with Gasteiger partial charge in [-0.05, 0) is 58.9 Å². The third-order valence-corrected chi connectivity index (χ3v) is 4.52. The van der Waals surface area contributed by atoms with Gasteiger partial charge in [0.25, 0.3) is 5.91 Å². The second-order valence-corrected chi connectivity index (χ2v) is 6.46. The molecular formula is C20H23N3O2. The monoisotopic (exact) mass is 337 g/mol. The molecule has 130 valence electrons. The van der Waals surface area contributed by atoms with E-state index < -0.39 is 0 Å². The molecular weight excluding hydrogens is 314 g/mol. The lowest BCUT2D eigenvalue weighted by Crippen LogP contribution is -2.25. The molecule has 0 radical (unpaired) electrons. The summed E-state index contributed by atoms with van der Waals surface area (Å²) in [6, 6.07) is 10.1. The molecule has 3 aromatic rings. The van der Waals surface area contributed by atoms with Crippen molar-refractivity contribution >= 4 is 5.91 Å². The van der Waals surface area contributed by atoms with E-state index in [1.807, 2.05) is 52.8 Å². The molecule has 5 heteroatoms. The molecule has 2 aromatic heterocycles. The summed E-state index contributed by atoms with van der Waals surface area (Å²) in [6.45, 7) is 10.2. The molecule has 5 nitrogen and oxygen atoms in total. The minimum Gasteiger partial charge on any atom is -0.361 e. The maximum absolute atomic E-state index is 12.9. The number of hydrogen-bond donors (Lipinski definition) is 1. The van der Waals surface area contributed by atoms with Gasteiger partial charge < -0.3 is 14.4 Å². The smallest absolute Gasteiger partial charge is 0.253 e. The van der Waals surface area contributed by atoms with Gasteiger partial charge in [0.1, 0.15) is 5.76 Å². The molecule has 0 bridgehead atoms. The molecule has 0 unspecified atom stereocenters. The minimum atomic E-state index is -0.105. The van der Waals surface area contributed by atoms with Gasteiger partial charge in [0.15, 0.2) is 0 Å². The second-order valence-electron chi connectivity index (χ2n) is 6.46. The molecule has 0 aliphatic rings. The van der Waals surface area contributed by atoms with Gasteiger partial charge >= 0.3 is 0 Å². The van der Waals surface area contributed by atoms with Gasteiger partial charge in [-0.15, -0.1) is 0 Å². The third kappa shape index (κ3) is 3.22. The van der Waals surface area contributed by atoms with Gasteiger partial charge in [-0.25, -0.2) is 0 Å². The fourth-order valence-electron chi connectivity index (χ4n) is 3.09. The molecule has 0 fully saturated rings. The average Bonchev–Trinajstić information content (AvgIpc) is 3.07. The van der Waals surface area contributed by atoms with Crippen LogP contribution in [0.1, 0.15) is 44.3 Å². The van der Waals surface area contributed by atoms with Crippen molar-refractivity contribution in [2.45, 2.75) is 41.2 Å². The Hall–Kier alpha value is -2.82. The average molecular weight is 337 g/mol. The fraction of sp³-hybridized carbons (Fsp3) is 0.300. The first-order valence-corrected chi connectivity index (χ1v) is 8.34. The Morgan fingerprint density at radius 2 is 1.76 bits per heavy atom. The van der Waals surface area contributed by atoms with Gasteiger partial charge in [0.05, 0.1) is 16.9 Å². The number of nitrogens with zero attached hydrogens (tertiary/aromatic N) is 2. The van der Waals surface area contributed by atoms with Gasteiger partial charge in [-0.1, -0.05) is 16.8 Å². The van der Waals surface area contributed by atoms with E-state index in [1.165, 1.54) is 0 Å². The highest BCUT2D eigenvalue weighted by molar-refractivity contribution is 5.98. The zero-order chi connectivity index (χ0) is 18.1. The molecule has 0 aliphatic heterocycles. The van der Waals surface area contributed by atoms with Crippen molar-refractivity contribution < 1.29 is 9.32 Å². The van der Waals surface area contributed by atoms with Crippen LogP contribution in [0.5, 0.6) is 0 Å². The van der Waals surface area contributed by atoms with E-state index in [4.69, 9.17) is 4.52 Å². The Kier molecular flexibility index (Phi) is 4.49. The summed E-state index contributed by atoms with van der Waals surface area (Å²) in [7, 11) is 0. The summed E-state index contributed by atoms with van der Waals surface area (Å²) >= 11 is 0. The molecule has 0 spiro atoms. The number of aryl methyl sites for hydroxylation is 5. The van der Waals surface area contributed by atoms with E-state index in [-0.39, 0.29) is 5.91 Å². The van der Waals surface area contributed by atoms with Gasteiger partial charge in [0.2, 0.25) is 0 Å². The van der Waals surface area contributed by atoms with Gasteiger partial charge in [-0.2, -0.15) is 0 Å². The number of aromatic nitrogens is 2. The zero-order valence-corrected chi connectivity index (χ0v) is 15.3. The van der Waals surface area contributed by atoms with Crippen LogP contribution in [0.2, 0.25) is 0 Å². The lowest BCUT2D eigenvalue weighted by atomic mass is 10.1. The highest BCUT2D eigenvalue weighted by Crippen LogP contribution is 2.22. The molecule has 0 saturated heterocycles. The third-order valence-electron chi connectivity index (χ3n) is 4.52. The fourth-order valence-corrected chi connectivity index (χ4v) is 3.09. The molecule has 25 heavy (non-hydrogen) atoms. The van der Waals surface area contributed by atoms with E-state index in [9.17, 15) is 4.79 Å². The Balaban J connectivity index is 1.94. The van der Waals surface area contributed by atoms with Crippen molar-refractivity contribution in [2.24, 2.45) is 0 Å². The maximum atomic E-state index is 12.9. The van der Waals surface area contributed by atoms with Crippen LogP contribution < -0.4 is 5.32 Å². The standard InChI is InChI=1S/C20H23N3O2/c1-12-6-9-19(23-13(2)7-8-14(23)3)17(10-12)20(24)21-11-18-15(4)22-25-16(18)5/h6-10H,11H2,1-5H3,(H,21,24). The number of nitrogens with one attached hydrogen (secondary N) is 1. The van der Waals surface area contributed by atoms with Crippen molar-refractivity contribution in [2.75, 3.05) is 0 Å². The molecule has 0 aliphatic carbocycles. The van der Waals surface area contributed by atoms with Crippen molar-refractivity contribution in [3.05, 3.63) is 69.9 Å². The van der Waals surface area contributed by atoms with Crippen molar-refractivity contribution in [1.29, 1.82) is 0 Å². The highest BCUT2D eigenvalue weighted by Gasteiger charge is 2.17. The Morgan fingerprint density at radius 1 is 1.08 bits per heavy atom. The van der Waals surface area contributed by atoms with E-state index >= 15 is 0 Å². The molecule has 3 rings (SSSR count). The minimum absolute atomic E-state index is 0.105. The molecule has 0 saturated carbocycles. The number of amides is 1. The predicted octanol–water partition coefficient (Wildman–Crippen LogP) is 3.94. The largest absolute Gasteiger partial charge is 0.361 e. The summed E-state index contributed by atoms with van der Waals surface area (Å²) in [5.41, 5.74) is 6.53. The second kappa shape index (κ2) is 6.59. The highest BCUT2D eigenvalue weighted by atomic mass is 16.5. The summed E-state index contributed by atoms with van der Waals surface area (Å²) < 4.78 is 7.26.